The molecule has 0 fully saturated rings. The van der Waals surface area contributed by atoms with Gasteiger partial charge >= 0.3 is 5.97 Å². The molecule has 1 unspecified atom stereocenters. The fraction of sp³-hybridized carbons (Fsp3) is 0.300. The minimum absolute atomic E-state index is 0.366. The summed E-state index contributed by atoms with van der Waals surface area (Å²) in [6.45, 7) is 1.67. The van der Waals surface area contributed by atoms with Gasteiger partial charge in [-0.1, -0.05) is 18.2 Å². The first-order valence-corrected chi connectivity index (χ1v) is 4.03. The van der Waals surface area contributed by atoms with Gasteiger partial charge in [-0.15, -0.1) is 0 Å². The predicted octanol–water partition coefficient (Wildman–Crippen LogP) is 1.84. The van der Waals surface area contributed by atoms with Crippen LogP contribution in [0, 0.1) is 0 Å². The molecule has 1 aromatic carbocycles. The summed E-state index contributed by atoms with van der Waals surface area (Å²) in [6, 6.07) is 8.81. The van der Waals surface area contributed by atoms with E-state index in [9.17, 15) is 4.79 Å². The van der Waals surface area contributed by atoms with E-state index in [1.165, 1.54) is 7.11 Å². The molecule has 3 nitrogen and oxygen atoms in total. The van der Waals surface area contributed by atoms with Gasteiger partial charge in [0.25, 0.3) is 0 Å². The number of rotatable bonds is 3. The molecule has 0 amide bonds. The van der Waals surface area contributed by atoms with Crippen LogP contribution >= 0.6 is 0 Å². The summed E-state index contributed by atoms with van der Waals surface area (Å²) in [5, 5.41) is 0. The molecule has 0 aromatic heterocycles. The van der Waals surface area contributed by atoms with Crippen molar-refractivity contribution in [3.8, 4) is 0 Å². The van der Waals surface area contributed by atoms with Gasteiger partial charge in [0, 0.05) is 7.11 Å². The molecule has 0 saturated heterocycles. The number of hydrogen-bond acceptors (Lipinski definition) is 3. The van der Waals surface area contributed by atoms with Gasteiger partial charge in [0.15, 0.2) is 6.29 Å². The van der Waals surface area contributed by atoms with Crippen LogP contribution in [-0.2, 0) is 9.47 Å². The lowest BCUT2D eigenvalue weighted by Gasteiger charge is -2.10. The number of benzene rings is 1. The van der Waals surface area contributed by atoms with Gasteiger partial charge in [-0.3, -0.25) is 0 Å². The van der Waals surface area contributed by atoms with E-state index >= 15 is 0 Å². The first kappa shape index (κ1) is 9.74. The minimum atomic E-state index is -0.507. The Kier molecular flexibility index (Phi) is 3.46. The maximum Gasteiger partial charge on any atom is 0.340 e. The van der Waals surface area contributed by atoms with Crippen molar-refractivity contribution < 1.29 is 14.3 Å². The maximum atomic E-state index is 11.3. The van der Waals surface area contributed by atoms with Crippen molar-refractivity contribution in [1.29, 1.82) is 0 Å². The quantitative estimate of drug-likeness (QED) is 0.526. The monoisotopic (exact) mass is 180 g/mol. The summed E-state index contributed by atoms with van der Waals surface area (Å²) in [7, 11) is 1.49. The Bertz CT molecular complexity index is 269. The normalized spacial score (nSPS) is 12.2. The van der Waals surface area contributed by atoms with Crippen LogP contribution in [0.15, 0.2) is 30.3 Å². The molecule has 3 heteroatoms. The van der Waals surface area contributed by atoms with Crippen LogP contribution in [0.1, 0.15) is 17.3 Å². The van der Waals surface area contributed by atoms with E-state index in [2.05, 4.69) is 0 Å². The largest absolute Gasteiger partial charge is 0.432 e. The van der Waals surface area contributed by atoms with Gasteiger partial charge in [-0.05, 0) is 19.1 Å². The van der Waals surface area contributed by atoms with E-state index < -0.39 is 6.29 Å². The number of hydrogen-bond donors (Lipinski definition) is 0. The zero-order chi connectivity index (χ0) is 9.68. The summed E-state index contributed by atoms with van der Waals surface area (Å²) in [5.74, 6) is -0.366. The highest BCUT2D eigenvalue weighted by atomic mass is 16.7. The van der Waals surface area contributed by atoms with Crippen molar-refractivity contribution in [3.05, 3.63) is 35.9 Å². The van der Waals surface area contributed by atoms with Gasteiger partial charge in [0.05, 0.1) is 5.56 Å². The minimum Gasteiger partial charge on any atom is -0.432 e. The lowest BCUT2D eigenvalue weighted by atomic mass is 10.2. The molecule has 0 bridgehead atoms. The fourth-order valence-electron chi connectivity index (χ4n) is 0.841. The van der Waals surface area contributed by atoms with Gasteiger partial charge in [-0.25, -0.2) is 4.79 Å². The highest BCUT2D eigenvalue weighted by molar-refractivity contribution is 5.89. The topological polar surface area (TPSA) is 35.5 Å². The van der Waals surface area contributed by atoms with E-state index in [-0.39, 0.29) is 5.97 Å². The molecule has 0 aliphatic carbocycles. The summed E-state index contributed by atoms with van der Waals surface area (Å²) < 4.78 is 9.72. The van der Waals surface area contributed by atoms with Crippen LogP contribution in [0.2, 0.25) is 0 Å². The van der Waals surface area contributed by atoms with E-state index in [4.69, 9.17) is 9.47 Å². The Morgan fingerprint density at radius 3 is 2.46 bits per heavy atom. The van der Waals surface area contributed by atoms with Gasteiger partial charge in [-0.2, -0.15) is 0 Å². The second-order valence-corrected chi connectivity index (χ2v) is 2.57. The Balaban J connectivity index is 2.59. The summed E-state index contributed by atoms with van der Waals surface area (Å²) >= 11 is 0. The molecule has 0 saturated carbocycles. The first-order chi connectivity index (χ1) is 6.24. The molecule has 1 atom stereocenters. The number of carbonyl (C=O) groups excluding carboxylic acids is 1. The van der Waals surface area contributed by atoms with Crippen molar-refractivity contribution in [2.24, 2.45) is 0 Å². The summed E-state index contributed by atoms with van der Waals surface area (Å²) in [5.41, 5.74) is 0.534. The van der Waals surface area contributed by atoms with Crippen molar-refractivity contribution >= 4 is 5.97 Å². The smallest absolute Gasteiger partial charge is 0.340 e. The van der Waals surface area contributed by atoms with Gasteiger partial charge < -0.3 is 9.47 Å². The zero-order valence-electron chi connectivity index (χ0n) is 7.69. The predicted molar refractivity (Wildman–Crippen MR) is 48.3 cm³/mol. The van der Waals surface area contributed by atoms with Crippen molar-refractivity contribution in [3.63, 3.8) is 0 Å². The third-order valence-electron chi connectivity index (χ3n) is 1.61. The molecule has 0 aliphatic rings. The van der Waals surface area contributed by atoms with Crippen molar-refractivity contribution in [2.75, 3.05) is 7.11 Å². The van der Waals surface area contributed by atoms with Crippen molar-refractivity contribution in [1.82, 2.24) is 0 Å². The van der Waals surface area contributed by atoms with Crippen LogP contribution in [0.25, 0.3) is 0 Å². The van der Waals surface area contributed by atoms with Gasteiger partial charge in [0.2, 0.25) is 0 Å². The average Bonchev–Trinajstić information content (AvgIpc) is 2.19. The van der Waals surface area contributed by atoms with E-state index in [0.717, 1.165) is 0 Å². The lowest BCUT2D eigenvalue weighted by molar-refractivity contribution is -0.0773. The maximum absolute atomic E-state index is 11.3. The summed E-state index contributed by atoms with van der Waals surface area (Å²) in [6.07, 6.45) is -0.507. The second-order valence-electron chi connectivity index (χ2n) is 2.57. The highest BCUT2D eigenvalue weighted by Gasteiger charge is 2.09. The molecular weight excluding hydrogens is 168 g/mol. The average molecular weight is 180 g/mol. The zero-order valence-corrected chi connectivity index (χ0v) is 7.69. The Hall–Kier alpha value is -1.35. The number of methoxy groups -OCH3 is 1. The Morgan fingerprint density at radius 1 is 1.31 bits per heavy atom. The SMILES string of the molecule is COC(C)OC(=O)c1ccccc1. The molecule has 0 aliphatic heterocycles. The van der Waals surface area contributed by atoms with E-state index in [1.807, 2.05) is 6.07 Å². The third kappa shape index (κ3) is 2.87. The molecule has 0 heterocycles. The van der Waals surface area contributed by atoms with Crippen LogP contribution in [0.3, 0.4) is 0 Å². The summed E-state index contributed by atoms with van der Waals surface area (Å²) in [4.78, 5) is 11.3. The van der Waals surface area contributed by atoms with Crippen LogP contribution in [0.5, 0.6) is 0 Å². The number of carbonyl (C=O) groups is 1. The lowest BCUT2D eigenvalue weighted by Crippen LogP contribution is -2.16. The fourth-order valence-corrected chi connectivity index (χ4v) is 0.841. The molecule has 1 aromatic rings. The number of esters is 1. The molecule has 13 heavy (non-hydrogen) atoms. The molecule has 0 radical (unpaired) electrons. The molecule has 0 N–H and O–H groups in total. The molecule has 70 valence electrons. The van der Waals surface area contributed by atoms with Crippen LogP contribution in [-0.4, -0.2) is 19.4 Å². The first-order valence-electron chi connectivity index (χ1n) is 4.03. The standard InChI is InChI=1S/C10H12O3/c1-8(12-2)13-10(11)9-6-4-3-5-7-9/h3-8H,1-2H3. The third-order valence-corrected chi connectivity index (χ3v) is 1.61. The molecular formula is C10H12O3. The van der Waals surface area contributed by atoms with E-state index in [0.29, 0.717) is 5.56 Å². The Labute approximate surface area is 77.3 Å². The number of ether oxygens (including phenoxy) is 2. The molecule has 0 spiro atoms. The Morgan fingerprint density at radius 2 is 1.92 bits per heavy atom. The van der Waals surface area contributed by atoms with E-state index in [1.54, 1.807) is 31.2 Å². The van der Waals surface area contributed by atoms with Crippen LogP contribution < -0.4 is 0 Å². The van der Waals surface area contributed by atoms with Crippen molar-refractivity contribution in [2.45, 2.75) is 13.2 Å². The molecule has 1 rings (SSSR count). The van der Waals surface area contributed by atoms with Gasteiger partial charge in [0.1, 0.15) is 0 Å². The van der Waals surface area contributed by atoms with Crippen LogP contribution in [0.4, 0.5) is 0 Å². The highest BCUT2D eigenvalue weighted by Crippen LogP contribution is 2.03. The second kappa shape index (κ2) is 4.62.